The molecule has 0 bridgehead atoms. The fourth-order valence-corrected chi connectivity index (χ4v) is 3.21. The van der Waals surface area contributed by atoms with Crippen molar-refractivity contribution in [2.24, 2.45) is 0 Å². The molecule has 4 nitrogen and oxygen atoms in total. The summed E-state index contributed by atoms with van der Waals surface area (Å²) in [4.78, 5) is 16.8. The number of para-hydroxylation sites is 1. The number of benzene rings is 2. The zero-order valence-electron chi connectivity index (χ0n) is 13.9. The summed E-state index contributed by atoms with van der Waals surface area (Å²) in [5, 5.41) is 0.413. The first-order valence-electron chi connectivity index (χ1n) is 7.71. The van der Waals surface area contributed by atoms with Crippen LogP contribution < -0.4 is 10.6 Å². The molecule has 0 spiro atoms. The lowest BCUT2D eigenvalue weighted by atomic mass is 10.1. The summed E-state index contributed by atoms with van der Waals surface area (Å²) in [7, 11) is 0. The van der Waals surface area contributed by atoms with Crippen LogP contribution in [0.15, 0.2) is 42.5 Å². The molecule has 2 aromatic rings. The predicted molar refractivity (Wildman–Crippen MR) is 110 cm³/mol. The van der Waals surface area contributed by atoms with E-state index in [2.05, 4.69) is 24.0 Å². The number of nitrogens with zero attached hydrogens (tertiary/aromatic N) is 2. The number of hydrogen-bond donors (Lipinski definition) is 1. The molecule has 1 fully saturated rings. The monoisotopic (exact) mass is 401 g/mol. The van der Waals surface area contributed by atoms with E-state index in [1.807, 2.05) is 17.0 Å². The number of nitrogens with two attached hydrogens (primary N) is 1. The Kier molecular flexibility index (Phi) is 7.87. The molecule has 0 atom stereocenters. The summed E-state index contributed by atoms with van der Waals surface area (Å²) in [6, 6.07) is 13.4. The molecule has 0 radical (unpaired) electrons. The van der Waals surface area contributed by atoms with E-state index in [9.17, 15) is 4.79 Å². The molecule has 25 heavy (non-hydrogen) atoms. The second-order valence-electron chi connectivity index (χ2n) is 5.81. The summed E-state index contributed by atoms with van der Waals surface area (Å²) in [5.74, 6) is -0.0283. The topological polar surface area (TPSA) is 49.6 Å². The van der Waals surface area contributed by atoms with Crippen LogP contribution >= 0.6 is 36.4 Å². The Balaban J connectivity index is 0.00000156. The molecule has 2 N–H and O–H groups in total. The molecule has 0 saturated carbocycles. The van der Waals surface area contributed by atoms with Gasteiger partial charge in [-0.05, 0) is 36.8 Å². The Morgan fingerprint density at radius 3 is 2.28 bits per heavy atom. The van der Waals surface area contributed by atoms with Crippen LogP contribution in [0.2, 0.25) is 5.02 Å². The Morgan fingerprint density at radius 2 is 1.68 bits per heavy atom. The second-order valence-corrected chi connectivity index (χ2v) is 6.21. The van der Waals surface area contributed by atoms with Crippen LogP contribution in [0, 0.1) is 6.92 Å². The predicted octanol–water partition coefficient (Wildman–Crippen LogP) is 4.04. The van der Waals surface area contributed by atoms with Gasteiger partial charge in [0.25, 0.3) is 5.91 Å². The van der Waals surface area contributed by atoms with E-state index in [1.54, 1.807) is 18.2 Å². The minimum absolute atomic E-state index is 0. The van der Waals surface area contributed by atoms with Crippen molar-refractivity contribution >= 4 is 53.7 Å². The summed E-state index contributed by atoms with van der Waals surface area (Å²) in [5.41, 5.74) is 9.27. The number of piperazine rings is 1. The summed E-state index contributed by atoms with van der Waals surface area (Å²) in [6.45, 7) is 5.13. The molecule has 3 rings (SSSR count). The average Bonchev–Trinajstić information content (AvgIpc) is 2.55. The normalized spacial score (nSPS) is 13.7. The number of rotatable bonds is 2. The van der Waals surface area contributed by atoms with Crippen molar-refractivity contribution in [1.29, 1.82) is 0 Å². The van der Waals surface area contributed by atoms with Gasteiger partial charge in [-0.25, -0.2) is 0 Å². The number of carbonyl (C=O) groups excluding carboxylic acids is 1. The standard InChI is InChI=1S/C18H20ClN3O.2ClH/c1-13-4-2-3-5-17(13)21-8-10-22(11-9-21)18(23)15-7-6-14(20)12-16(15)19;;/h2-7,12H,8-11,20H2,1H3;2*1H. The van der Waals surface area contributed by atoms with Crippen molar-refractivity contribution in [3.8, 4) is 0 Å². The van der Waals surface area contributed by atoms with Gasteiger partial charge in [0.1, 0.15) is 0 Å². The van der Waals surface area contributed by atoms with Crippen molar-refractivity contribution in [1.82, 2.24) is 4.90 Å². The van der Waals surface area contributed by atoms with Crippen molar-refractivity contribution in [3.63, 3.8) is 0 Å². The third-order valence-electron chi connectivity index (χ3n) is 4.25. The van der Waals surface area contributed by atoms with Crippen molar-refractivity contribution in [2.45, 2.75) is 6.92 Å². The van der Waals surface area contributed by atoms with Crippen LogP contribution in [0.5, 0.6) is 0 Å². The van der Waals surface area contributed by atoms with Crippen LogP contribution in [0.25, 0.3) is 0 Å². The van der Waals surface area contributed by atoms with Gasteiger partial charge in [-0.3, -0.25) is 4.79 Å². The largest absolute Gasteiger partial charge is 0.399 e. The van der Waals surface area contributed by atoms with Gasteiger partial charge in [0.15, 0.2) is 0 Å². The SMILES string of the molecule is Cc1ccccc1N1CCN(C(=O)c2ccc(N)cc2Cl)CC1.Cl.Cl. The maximum atomic E-state index is 12.6. The minimum atomic E-state index is -0.0283. The van der Waals surface area contributed by atoms with Gasteiger partial charge in [-0.1, -0.05) is 29.8 Å². The third-order valence-corrected chi connectivity index (χ3v) is 4.56. The lowest BCUT2D eigenvalue weighted by Crippen LogP contribution is -2.49. The number of hydrogen-bond acceptors (Lipinski definition) is 3. The van der Waals surface area contributed by atoms with E-state index in [-0.39, 0.29) is 30.7 Å². The number of carbonyl (C=O) groups is 1. The maximum Gasteiger partial charge on any atom is 0.255 e. The fraction of sp³-hybridized carbons (Fsp3) is 0.278. The Labute approximate surface area is 165 Å². The van der Waals surface area contributed by atoms with Crippen LogP contribution in [0.1, 0.15) is 15.9 Å². The molecule has 1 saturated heterocycles. The summed E-state index contributed by atoms with van der Waals surface area (Å²) in [6.07, 6.45) is 0. The Morgan fingerprint density at radius 1 is 1.04 bits per heavy atom. The molecule has 1 aliphatic heterocycles. The molecule has 7 heteroatoms. The average molecular weight is 403 g/mol. The van der Waals surface area contributed by atoms with E-state index in [0.717, 1.165) is 13.1 Å². The van der Waals surface area contributed by atoms with E-state index in [0.29, 0.717) is 29.4 Å². The third kappa shape index (κ3) is 4.72. The Hall–Kier alpha value is -1.62. The molecule has 2 aromatic carbocycles. The quantitative estimate of drug-likeness (QED) is 0.771. The van der Waals surface area contributed by atoms with Crippen LogP contribution in [0.4, 0.5) is 11.4 Å². The van der Waals surface area contributed by atoms with Gasteiger partial charge in [-0.15, -0.1) is 24.8 Å². The van der Waals surface area contributed by atoms with E-state index in [1.165, 1.54) is 11.3 Å². The van der Waals surface area contributed by atoms with Crippen molar-refractivity contribution in [3.05, 3.63) is 58.6 Å². The first kappa shape index (κ1) is 21.4. The molecule has 1 amide bonds. The minimum Gasteiger partial charge on any atom is -0.399 e. The highest BCUT2D eigenvalue weighted by atomic mass is 35.5. The van der Waals surface area contributed by atoms with E-state index >= 15 is 0 Å². The Bertz CT molecular complexity index is 731. The highest BCUT2D eigenvalue weighted by molar-refractivity contribution is 6.34. The number of amides is 1. The maximum absolute atomic E-state index is 12.6. The molecular formula is C18H22Cl3N3O. The van der Waals surface area contributed by atoms with Gasteiger partial charge >= 0.3 is 0 Å². The molecule has 0 aromatic heterocycles. The summed E-state index contributed by atoms with van der Waals surface area (Å²) < 4.78 is 0. The first-order valence-corrected chi connectivity index (χ1v) is 8.09. The summed E-state index contributed by atoms with van der Waals surface area (Å²) >= 11 is 6.15. The van der Waals surface area contributed by atoms with Crippen LogP contribution in [-0.4, -0.2) is 37.0 Å². The molecule has 136 valence electrons. The number of aryl methyl sites for hydroxylation is 1. The smallest absolute Gasteiger partial charge is 0.255 e. The number of nitrogen functional groups attached to an aromatic ring is 1. The van der Waals surface area contributed by atoms with Gasteiger partial charge in [0.2, 0.25) is 0 Å². The van der Waals surface area contributed by atoms with Gasteiger partial charge in [-0.2, -0.15) is 0 Å². The first-order chi connectivity index (χ1) is 11.1. The molecule has 1 aliphatic rings. The van der Waals surface area contributed by atoms with Crippen molar-refractivity contribution in [2.75, 3.05) is 36.8 Å². The van der Waals surface area contributed by atoms with Gasteiger partial charge < -0.3 is 15.5 Å². The zero-order valence-corrected chi connectivity index (χ0v) is 16.3. The van der Waals surface area contributed by atoms with Crippen molar-refractivity contribution < 1.29 is 4.79 Å². The van der Waals surface area contributed by atoms with Crippen LogP contribution in [-0.2, 0) is 0 Å². The molecule has 0 unspecified atom stereocenters. The van der Waals surface area contributed by atoms with E-state index in [4.69, 9.17) is 17.3 Å². The molecular weight excluding hydrogens is 381 g/mol. The fourth-order valence-electron chi connectivity index (χ4n) is 2.94. The lowest BCUT2D eigenvalue weighted by Gasteiger charge is -2.37. The number of anilines is 2. The zero-order chi connectivity index (χ0) is 16.4. The highest BCUT2D eigenvalue weighted by Gasteiger charge is 2.24. The van der Waals surface area contributed by atoms with Gasteiger partial charge in [0, 0.05) is 37.6 Å². The highest BCUT2D eigenvalue weighted by Crippen LogP contribution is 2.24. The van der Waals surface area contributed by atoms with Crippen LogP contribution in [0.3, 0.4) is 0 Å². The van der Waals surface area contributed by atoms with Gasteiger partial charge in [0.05, 0.1) is 10.6 Å². The molecule has 1 heterocycles. The second kappa shape index (κ2) is 9.18. The lowest BCUT2D eigenvalue weighted by molar-refractivity contribution is 0.0747. The van der Waals surface area contributed by atoms with E-state index < -0.39 is 0 Å². The number of halogens is 3. The molecule has 0 aliphatic carbocycles.